The van der Waals surface area contributed by atoms with Gasteiger partial charge in [0.2, 0.25) is 11.8 Å². The standard InChI is InChI=1S/C20H33N5O2S.H2/c1-4-15(3)19(27)25-11-9-23(10-12-25)13-16-14-28-20(21-16)22-18(26)17-7-6-8-24(17)5-2;/h14-15,17H,4-13H2,1-3H3,(H,21,22,26);1H/t15?,17-;/m0./s1. The third kappa shape index (κ3) is 5.10. The Morgan fingerprint density at radius 2 is 2.04 bits per heavy atom. The molecular weight excluding hydrogens is 374 g/mol. The normalized spacial score (nSPS) is 22.4. The quantitative estimate of drug-likeness (QED) is 0.749. The van der Waals surface area contributed by atoms with E-state index in [9.17, 15) is 9.59 Å². The van der Waals surface area contributed by atoms with Crippen molar-refractivity contribution in [1.82, 2.24) is 19.7 Å². The summed E-state index contributed by atoms with van der Waals surface area (Å²) in [6, 6.07) is -0.0199. The van der Waals surface area contributed by atoms with Crippen molar-refractivity contribution in [3.8, 4) is 0 Å². The van der Waals surface area contributed by atoms with Gasteiger partial charge in [-0.1, -0.05) is 20.8 Å². The number of likely N-dealkylation sites (N-methyl/N-ethyl adjacent to an activating group) is 1. The van der Waals surface area contributed by atoms with Crippen LogP contribution in [0.3, 0.4) is 0 Å². The number of piperazine rings is 1. The number of aromatic nitrogens is 1. The maximum atomic E-state index is 12.5. The zero-order valence-electron chi connectivity index (χ0n) is 17.3. The van der Waals surface area contributed by atoms with Crippen LogP contribution in [-0.2, 0) is 16.1 Å². The van der Waals surface area contributed by atoms with E-state index in [1.165, 1.54) is 11.3 Å². The molecular formula is C20H35N5O2S. The Balaban J connectivity index is 0.00000300. The first-order chi connectivity index (χ1) is 13.5. The average Bonchev–Trinajstić information content (AvgIpc) is 3.36. The van der Waals surface area contributed by atoms with Gasteiger partial charge in [0.15, 0.2) is 5.13 Å². The van der Waals surface area contributed by atoms with Crippen molar-refractivity contribution in [2.45, 2.75) is 52.6 Å². The third-order valence-electron chi connectivity index (χ3n) is 5.96. The highest BCUT2D eigenvalue weighted by Gasteiger charge is 2.30. The Kier molecular flexibility index (Phi) is 7.42. The van der Waals surface area contributed by atoms with E-state index in [1.807, 2.05) is 17.2 Å². The van der Waals surface area contributed by atoms with Gasteiger partial charge in [-0.3, -0.25) is 19.4 Å². The smallest absolute Gasteiger partial charge is 0.243 e. The second kappa shape index (κ2) is 9.80. The van der Waals surface area contributed by atoms with Gasteiger partial charge in [0.05, 0.1) is 11.7 Å². The van der Waals surface area contributed by atoms with Crippen LogP contribution in [-0.4, -0.2) is 76.8 Å². The van der Waals surface area contributed by atoms with E-state index in [-0.39, 0.29) is 25.2 Å². The van der Waals surface area contributed by atoms with E-state index in [0.717, 1.165) is 70.8 Å². The first kappa shape index (κ1) is 21.2. The molecule has 7 nitrogen and oxygen atoms in total. The van der Waals surface area contributed by atoms with Gasteiger partial charge in [-0.2, -0.15) is 0 Å². The summed E-state index contributed by atoms with van der Waals surface area (Å²) in [6.07, 6.45) is 2.90. The van der Waals surface area contributed by atoms with Crippen LogP contribution in [0.1, 0.15) is 47.2 Å². The average molecular weight is 410 g/mol. The lowest BCUT2D eigenvalue weighted by Gasteiger charge is -2.35. The van der Waals surface area contributed by atoms with Crippen LogP contribution >= 0.6 is 11.3 Å². The fraction of sp³-hybridized carbons (Fsp3) is 0.750. The Labute approximate surface area is 173 Å². The van der Waals surface area contributed by atoms with E-state index in [2.05, 4.69) is 33.9 Å². The minimum Gasteiger partial charge on any atom is -0.340 e. The Morgan fingerprint density at radius 1 is 1.29 bits per heavy atom. The number of anilines is 1. The molecule has 1 aromatic heterocycles. The minimum absolute atomic E-state index is 0. The van der Waals surface area contributed by atoms with Crippen LogP contribution in [0, 0.1) is 5.92 Å². The molecule has 0 radical (unpaired) electrons. The van der Waals surface area contributed by atoms with Crippen molar-refractivity contribution < 1.29 is 11.0 Å². The highest BCUT2D eigenvalue weighted by molar-refractivity contribution is 7.13. The first-order valence-electron chi connectivity index (χ1n) is 10.5. The topological polar surface area (TPSA) is 68.8 Å². The Morgan fingerprint density at radius 3 is 2.71 bits per heavy atom. The minimum atomic E-state index is -0.0199. The molecule has 28 heavy (non-hydrogen) atoms. The molecule has 2 amide bonds. The molecule has 1 N–H and O–H groups in total. The summed E-state index contributed by atoms with van der Waals surface area (Å²) in [5.74, 6) is 0.450. The molecule has 2 atom stereocenters. The summed E-state index contributed by atoms with van der Waals surface area (Å²) in [6.45, 7) is 12.2. The molecule has 2 fully saturated rings. The monoisotopic (exact) mass is 409 g/mol. The van der Waals surface area contributed by atoms with Gasteiger partial charge < -0.3 is 10.2 Å². The Hall–Kier alpha value is -1.51. The van der Waals surface area contributed by atoms with Gasteiger partial charge in [-0.15, -0.1) is 11.3 Å². The Bertz CT molecular complexity index is 678. The molecule has 0 aromatic carbocycles. The third-order valence-corrected chi connectivity index (χ3v) is 6.76. The maximum Gasteiger partial charge on any atom is 0.243 e. The van der Waals surface area contributed by atoms with Crippen LogP contribution in [0.2, 0.25) is 0 Å². The fourth-order valence-electron chi connectivity index (χ4n) is 3.97. The number of amides is 2. The number of rotatable bonds is 7. The van der Waals surface area contributed by atoms with Crippen molar-refractivity contribution >= 4 is 28.3 Å². The molecule has 158 valence electrons. The molecule has 2 aliphatic rings. The molecule has 1 aromatic rings. The van der Waals surface area contributed by atoms with E-state index < -0.39 is 0 Å². The lowest BCUT2D eigenvalue weighted by molar-refractivity contribution is -0.136. The van der Waals surface area contributed by atoms with E-state index in [4.69, 9.17) is 0 Å². The number of carbonyl (C=O) groups is 2. The largest absolute Gasteiger partial charge is 0.340 e. The van der Waals surface area contributed by atoms with Gasteiger partial charge in [-0.05, 0) is 32.4 Å². The second-order valence-electron chi connectivity index (χ2n) is 7.83. The highest BCUT2D eigenvalue weighted by atomic mass is 32.1. The van der Waals surface area contributed by atoms with Crippen molar-refractivity contribution in [2.75, 3.05) is 44.6 Å². The summed E-state index contributed by atoms with van der Waals surface area (Å²) in [5.41, 5.74) is 0.987. The van der Waals surface area contributed by atoms with Crippen molar-refractivity contribution in [1.29, 1.82) is 0 Å². The zero-order chi connectivity index (χ0) is 20.1. The fourth-order valence-corrected chi connectivity index (χ4v) is 4.67. The summed E-state index contributed by atoms with van der Waals surface area (Å²) in [7, 11) is 0. The van der Waals surface area contributed by atoms with Crippen molar-refractivity contribution in [3.05, 3.63) is 11.1 Å². The summed E-state index contributed by atoms with van der Waals surface area (Å²) < 4.78 is 0. The molecule has 2 saturated heterocycles. The predicted octanol–water partition coefficient (Wildman–Crippen LogP) is 2.50. The number of hydrogen-bond donors (Lipinski definition) is 1. The molecule has 1 unspecified atom stereocenters. The van der Waals surface area contributed by atoms with Gasteiger partial charge >= 0.3 is 0 Å². The van der Waals surface area contributed by atoms with Crippen LogP contribution in [0.25, 0.3) is 0 Å². The van der Waals surface area contributed by atoms with E-state index in [1.54, 1.807) is 0 Å². The number of carbonyl (C=O) groups excluding carboxylic acids is 2. The molecule has 2 aliphatic heterocycles. The summed E-state index contributed by atoms with van der Waals surface area (Å²) in [4.78, 5) is 36.0. The van der Waals surface area contributed by atoms with Crippen molar-refractivity contribution in [2.24, 2.45) is 5.92 Å². The molecule has 0 saturated carbocycles. The zero-order valence-corrected chi connectivity index (χ0v) is 18.1. The second-order valence-corrected chi connectivity index (χ2v) is 8.69. The summed E-state index contributed by atoms with van der Waals surface area (Å²) >= 11 is 1.49. The van der Waals surface area contributed by atoms with E-state index >= 15 is 0 Å². The molecule has 3 rings (SSSR count). The van der Waals surface area contributed by atoms with Crippen LogP contribution < -0.4 is 5.32 Å². The number of thiazole rings is 1. The number of likely N-dealkylation sites (tertiary alicyclic amines) is 1. The SMILES string of the molecule is CCC(C)C(=O)N1CCN(Cc2csc(NC(=O)[C@@H]3CCCN3CC)n2)CC1.[HH]. The number of hydrogen-bond acceptors (Lipinski definition) is 6. The van der Waals surface area contributed by atoms with Crippen LogP contribution in [0.5, 0.6) is 0 Å². The number of nitrogens with zero attached hydrogens (tertiary/aromatic N) is 4. The van der Waals surface area contributed by atoms with Gasteiger partial charge in [0.1, 0.15) is 0 Å². The molecule has 0 spiro atoms. The molecule has 3 heterocycles. The van der Waals surface area contributed by atoms with Crippen LogP contribution in [0.4, 0.5) is 5.13 Å². The van der Waals surface area contributed by atoms with Gasteiger partial charge in [-0.25, -0.2) is 4.98 Å². The molecule has 0 bridgehead atoms. The lowest BCUT2D eigenvalue weighted by atomic mass is 10.1. The highest BCUT2D eigenvalue weighted by Crippen LogP contribution is 2.22. The lowest BCUT2D eigenvalue weighted by Crippen LogP contribution is -2.49. The summed E-state index contributed by atoms with van der Waals surface area (Å²) in [5, 5.41) is 5.72. The molecule has 0 aliphatic carbocycles. The van der Waals surface area contributed by atoms with E-state index in [0.29, 0.717) is 5.13 Å². The van der Waals surface area contributed by atoms with Crippen LogP contribution in [0.15, 0.2) is 5.38 Å². The molecule has 8 heteroatoms. The van der Waals surface area contributed by atoms with Gasteiger partial charge in [0.25, 0.3) is 0 Å². The first-order valence-corrected chi connectivity index (χ1v) is 11.4. The predicted molar refractivity (Wildman–Crippen MR) is 114 cm³/mol. The maximum absolute atomic E-state index is 12.5. The van der Waals surface area contributed by atoms with Gasteiger partial charge in [0, 0.05) is 45.4 Å². The number of nitrogens with one attached hydrogen (secondary N) is 1. The van der Waals surface area contributed by atoms with Crippen molar-refractivity contribution in [3.63, 3.8) is 0 Å².